The molecule has 1 aromatic rings. The largest absolute Gasteiger partial charge is 0.472 e. The maximum Gasteiger partial charge on any atom is 0.0950 e. The van der Waals surface area contributed by atoms with Crippen LogP contribution in [-0.2, 0) is 0 Å². The predicted octanol–water partition coefficient (Wildman–Crippen LogP) is 3.28. The SMILES string of the molecule is Cl.N[C@@H](c1ccoc1)C1CCCCC1. The molecule has 14 heavy (non-hydrogen) atoms. The summed E-state index contributed by atoms with van der Waals surface area (Å²) in [5.41, 5.74) is 7.31. The van der Waals surface area contributed by atoms with Crippen LogP contribution in [0.15, 0.2) is 23.0 Å². The van der Waals surface area contributed by atoms with E-state index >= 15 is 0 Å². The number of furan rings is 1. The van der Waals surface area contributed by atoms with Gasteiger partial charge in [0.1, 0.15) is 0 Å². The van der Waals surface area contributed by atoms with Crippen LogP contribution in [-0.4, -0.2) is 0 Å². The molecule has 2 N–H and O–H groups in total. The van der Waals surface area contributed by atoms with Gasteiger partial charge in [-0.25, -0.2) is 0 Å². The highest BCUT2D eigenvalue weighted by Gasteiger charge is 2.22. The first kappa shape index (κ1) is 11.6. The highest BCUT2D eigenvalue weighted by Crippen LogP contribution is 2.32. The van der Waals surface area contributed by atoms with E-state index < -0.39 is 0 Å². The maximum absolute atomic E-state index is 6.15. The van der Waals surface area contributed by atoms with Crippen molar-refractivity contribution < 1.29 is 4.42 Å². The van der Waals surface area contributed by atoms with Gasteiger partial charge in [0.15, 0.2) is 0 Å². The fourth-order valence-electron chi connectivity index (χ4n) is 2.23. The molecule has 0 radical (unpaired) electrons. The van der Waals surface area contributed by atoms with Gasteiger partial charge in [-0.3, -0.25) is 0 Å². The third kappa shape index (κ3) is 2.52. The molecule has 0 amide bonds. The standard InChI is InChI=1S/C11H17NO.ClH/c12-11(10-6-7-13-8-10)9-4-2-1-3-5-9;/h6-9,11H,1-5,12H2;1H/t11-;/m1./s1. The first-order valence-corrected chi connectivity index (χ1v) is 5.15. The molecular formula is C11H18ClNO. The number of halogens is 1. The molecule has 3 heteroatoms. The highest BCUT2D eigenvalue weighted by molar-refractivity contribution is 5.85. The Morgan fingerprint density at radius 1 is 1.29 bits per heavy atom. The average molecular weight is 216 g/mol. The van der Waals surface area contributed by atoms with E-state index in [9.17, 15) is 0 Å². The van der Waals surface area contributed by atoms with Gasteiger partial charge in [-0.15, -0.1) is 12.4 Å². The average Bonchev–Trinajstić information content (AvgIpc) is 2.71. The summed E-state index contributed by atoms with van der Waals surface area (Å²) in [6, 6.07) is 2.18. The lowest BCUT2D eigenvalue weighted by atomic mass is 9.82. The van der Waals surface area contributed by atoms with Crippen molar-refractivity contribution in [3.63, 3.8) is 0 Å². The quantitative estimate of drug-likeness (QED) is 0.823. The molecule has 1 atom stereocenters. The lowest BCUT2D eigenvalue weighted by molar-refractivity contribution is 0.307. The number of nitrogens with two attached hydrogens (primary N) is 1. The zero-order chi connectivity index (χ0) is 9.10. The smallest absolute Gasteiger partial charge is 0.0950 e. The van der Waals surface area contributed by atoms with Gasteiger partial charge in [-0.2, -0.15) is 0 Å². The molecule has 1 aromatic heterocycles. The van der Waals surface area contributed by atoms with Crippen molar-refractivity contribution in [2.75, 3.05) is 0 Å². The molecule has 80 valence electrons. The Morgan fingerprint density at radius 2 is 2.00 bits per heavy atom. The first-order valence-electron chi connectivity index (χ1n) is 5.15. The molecule has 1 aliphatic rings. The van der Waals surface area contributed by atoms with Gasteiger partial charge >= 0.3 is 0 Å². The summed E-state index contributed by atoms with van der Waals surface area (Å²) < 4.78 is 5.05. The Hall–Kier alpha value is -0.470. The summed E-state index contributed by atoms with van der Waals surface area (Å²) in [4.78, 5) is 0. The predicted molar refractivity (Wildman–Crippen MR) is 59.5 cm³/mol. The maximum atomic E-state index is 6.15. The molecule has 1 heterocycles. The fraction of sp³-hybridized carbons (Fsp3) is 0.636. The highest BCUT2D eigenvalue weighted by atomic mass is 35.5. The summed E-state index contributed by atoms with van der Waals surface area (Å²) in [7, 11) is 0. The summed E-state index contributed by atoms with van der Waals surface area (Å²) >= 11 is 0. The lowest BCUT2D eigenvalue weighted by Gasteiger charge is -2.26. The minimum absolute atomic E-state index is 0. The Labute approximate surface area is 91.3 Å². The summed E-state index contributed by atoms with van der Waals surface area (Å²) in [6.07, 6.45) is 10.1. The first-order chi connectivity index (χ1) is 6.38. The van der Waals surface area contributed by atoms with Crippen LogP contribution in [0.25, 0.3) is 0 Å². The van der Waals surface area contributed by atoms with E-state index in [0.717, 1.165) is 5.56 Å². The zero-order valence-corrected chi connectivity index (χ0v) is 9.13. The van der Waals surface area contributed by atoms with Crippen LogP contribution in [0.2, 0.25) is 0 Å². The van der Waals surface area contributed by atoms with Crippen LogP contribution >= 0.6 is 12.4 Å². The lowest BCUT2D eigenvalue weighted by Crippen LogP contribution is -2.22. The Balaban J connectivity index is 0.000000980. The van der Waals surface area contributed by atoms with Crippen LogP contribution in [0.4, 0.5) is 0 Å². The molecule has 0 saturated heterocycles. The third-order valence-corrected chi connectivity index (χ3v) is 3.09. The van der Waals surface area contributed by atoms with Crippen molar-refractivity contribution in [2.24, 2.45) is 11.7 Å². The summed E-state index contributed by atoms with van der Waals surface area (Å²) in [6.45, 7) is 0. The Bertz CT molecular complexity index is 242. The molecule has 2 rings (SSSR count). The molecule has 1 fully saturated rings. The van der Waals surface area contributed by atoms with Gasteiger partial charge < -0.3 is 10.2 Å². The molecule has 0 spiro atoms. The van der Waals surface area contributed by atoms with Gasteiger partial charge in [0, 0.05) is 11.6 Å². The van der Waals surface area contributed by atoms with Crippen LogP contribution in [0.1, 0.15) is 43.7 Å². The van der Waals surface area contributed by atoms with E-state index in [-0.39, 0.29) is 18.4 Å². The summed E-state index contributed by atoms with van der Waals surface area (Å²) in [5, 5.41) is 0. The molecular weight excluding hydrogens is 198 g/mol. The second-order valence-electron chi connectivity index (χ2n) is 3.98. The van der Waals surface area contributed by atoms with Crippen LogP contribution in [0.3, 0.4) is 0 Å². The van der Waals surface area contributed by atoms with Crippen molar-refractivity contribution in [3.8, 4) is 0 Å². The number of hydrogen-bond donors (Lipinski definition) is 1. The van der Waals surface area contributed by atoms with Gasteiger partial charge in [0.25, 0.3) is 0 Å². The van der Waals surface area contributed by atoms with Gasteiger partial charge in [-0.05, 0) is 24.8 Å². The van der Waals surface area contributed by atoms with Crippen LogP contribution < -0.4 is 5.73 Å². The number of rotatable bonds is 2. The van der Waals surface area contributed by atoms with E-state index in [1.807, 2.05) is 6.07 Å². The molecule has 0 aliphatic heterocycles. The zero-order valence-electron chi connectivity index (χ0n) is 8.32. The van der Waals surface area contributed by atoms with Crippen molar-refractivity contribution >= 4 is 12.4 Å². The van der Waals surface area contributed by atoms with Crippen molar-refractivity contribution in [3.05, 3.63) is 24.2 Å². The van der Waals surface area contributed by atoms with Gasteiger partial charge in [0.05, 0.1) is 12.5 Å². The molecule has 0 aromatic carbocycles. The topological polar surface area (TPSA) is 39.2 Å². The van der Waals surface area contributed by atoms with Crippen LogP contribution in [0.5, 0.6) is 0 Å². The van der Waals surface area contributed by atoms with E-state index in [0.29, 0.717) is 5.92 Å². The van der Waals surface area contributed by atoms with E-state index in [1.165, 1.54) is 32.1 Å². The normalized spacial score (nSPS) is 20.1. The van der Waals surface area contributed by atoms with Gasteiger partial charge in [0.2, 0.25) is 0 Å². The Kier molecular flexibility index (Phi) is 4.49. The fourth-order valence-corrected chi connectivity index (χ4v) is 2.23. The van der Waals surface area contributed by atoms with E-state index in [2.05, 4.69) is 0 Å². The van der Waals surface area contributed by atoms with E-state index in [4.69, 9.17) is 10.2 Å². The molecule has 2 nitrogen and oxygen atoms in total. The second kappa shape index (κ2) is 5.42. The van der Waals surface area contributed by atoms with Crippen molar-refractivity contribution in [1.29, 1.82) is 0 Å². The number of hydrogen-bond acceptors (Lipinski definition) is 2. The van der Waals surface area contributed by atoms with E-state index in [1.54, 1.807) is 12.5 Å². The molecule has 1 aliphatic carbocycles. The van der Waals surface area contributed by atoms with Crippen molar-refractivity contribution in [1.82, 2.24) is 0 Å². The van der Waals surface area contributed by atoms with Gasteiger partial charge in [-0.1, -0.05) is 19.3 Å². The minimum atomic E-state index is 0. The monoisotopic (exact) mass is 215 g/mol. The van der Waals surface area contributed by atoms with Crippen molar-refractivity contribution in [2.45, 2.75) is 38.1 Å². The minimum Gasteiger partial charge on any atom is -0.472 e. The molecule has 1 saturated carbocycles. The molecule has 0 unspecified atom stereocenters. The Morgan fingerprint density at radius 3 is 2.57 bits per heavy atom. The summed E-state index contributed by atoms with van der Waals surface area (Å²) in [5.74, 6) is 0.673. The van der Waals surface area contributed by atoms with Crippen LogP contribution in [0, 0.1) is 5.92 Å². The molecule has 0 bridgehead atoms. The second-order valence-corrected chi connectivity index (χ2v) is 3.98. The third-order valence-electron chi connectivity index (χ3n) is 3.09.